The Morgan fingerprint density at radius 1 is 1.08 bits per heavy atom. The average molecular weight is 525 g/mol. The van der Waals surface area contributed by atoms with Crippen LogP contribution < -0.4 is 5.32 Å². The molecule has 3 rings (SSSR count). The second kappa shape index (κ2) is 11.9. The molecule has 0 saturated carbocycles. The number of carbonyl (C=O) groups excluding carboxylic acids is 1. The molecule has 0 spiro atoms. The van der Waals surface area contributed by atoms with Crippen molar-refractivity contribution in [1.29, 1.82) is 0 Å². The van der Waals surface area contributed by atoms with E-state index < -0.39 is 28.6 Å². The third-order valence-electron chi connectivity index (χ3n) is 7.96. The molecular formula is C29H37F5N2O. The van der Waals surface area contributed by atoms with Gasteiger partial charge in [-0.15, -0.1) is 0 Å². The molecule has 8 heteroatoms. The molecular weight excluding hydrogens is 487 g/mol. The van der Waals surface area contributed by atoms with Crippen LogP contribution in [-0.2, 0) is 23.2 Å². The third kappa shape index (κ3) is 7.09. The van der Waals surface area contributed by atoms with Gasteiger partial charge in [0.2, 0.25) is 5.91 Å². The van der Waals surface area contributed by atoms with E-state index in [4.69, 9.17) is 0 Å². The molecule has 37 heavy (non-hydrogen) atoms. The summed E-state index contributed by atoms with van der Waals surface area (Å²) in [5.41, 5.74) is -2.31. The first-order valence-electron chi connectivity index (χ1n) is 13.0. The predicted molar refractivity (Wildman–Crippen MR) is 135 cm³/mol. The number of nitrogens with one attached hydrogen (secondary N) is 1. The smallest absolute Gasteiger partial charge is 0.352 e. The molecule has 1 fully saturated rings. The molecule has 1 aliphatic heterocycles. The lowest BCUT2D eigenvalue weighted by Gasteiger charge is -2.38. The van der Waals surface area contributed by atoms with Crippen molar-refractivity contribution < 1.29 is 26.7 Å². The molecule has 1 aliphatic rings. The maximum atomic E-state index is 15.4. The predicted octanol–water partition coefficient (Wildman–Crippen LogP) is 7.25. The zero-order valence-electron chi connectivity index (χ0n) is 21.8. The van der Waals surface area contributed by atoms with E-state index in [0.29, 0.717) is 44.8 Å². The van der Waals surface area contributed by atoms with E-state index in [1.54, 1.807) is 0 Å². The Balaban J connectivity index is 1.57. The lowest BCUT2D eigenvalue weighted by Crippen LogP contribution is -2.45. The number of amides is 1. The number of piperidine rings is 1. The lowest BCUT2D eigenvalue weighted by atomic mass is 9.70. The van der Waals surface area contributed by atoms with E-state index in [-0.39, 0.29) is 23.9 Å². The van der Waals surface area contributed by atoms with Crippen LogP contribution in [0.25, 0.3) is 0 Å². The average Bonchev–Trinajstić information content (AvgIpc) is 2.86. The van der Waals surface area contributed by atoms with Crippen molar-refractivity contribution in [2.75, 3.05) is 19.6 Å². The molecule has 0 radical (unpaired) electrons. The summed E-state index contributed by atoms with van der Waals surface area (Å²) in [5, 5.41) is 2.76. The Morgan fingerprint density at radius 2 is 1.73 bits per heavy atom. The molecule has 1 unspecified atom stereocenters. The van der Waals surface area contributed by atoms with Gasteiger partial charge in [-0.3, -0.25) is 4.79 Å². The highest BCUT2D eigenvalue weighted by molar-refractivity contribution is 5.82. The van der Waals surface area contributed by atoms with Crippen molar-refractivity contribution in [3.63, 3.8) is 0 Å². The summed E-state index contributed by atoms with van der Waals surface area (Å²) in [4.78, 5) is 15.5. The minimum absolute atomic E-state index is 0.00586. The van der Waals surface area contributed by atoms with Crippen LogP contribution >= 0.6 is 0 Å². The Hall–Kier alpha value is -2.48. The fourth-order valence-corrected chi connectivity index (χ4v) is 5.46. The summed E-state index contributed by atoms with van der Waals surface area (Å²) >= 11 is 0. The van der Waals surface area contributed by atoms with Crippen molar-refractivity contribution in [2.45, 2.75) is 71.3 Å². The van der Waals surface area contributed by atoms with Crippen LogP contribution in [-0.4, -0.2) is 30.4 Å². The quantitative estimate of drug-likeness (QED) is 0.332. The van der Waals surface area contributed by atoms with Crippen LogP contribution in [0.4, 0.5) is 22.0 Å². The van der Waals surface area contributed by atoms with E-state index >= 15 is 4.39 Å². The Kier molecular flexibility index (Phi) is 9.37. The maximum absolute atomic E-state index is 15.4. The second-order valence-corrected chi connectivity index (χ2v) is 10.5. The molecule has 204 valence electrons. The molecule has 3 nitrogen and oxygen atoms in total. The van der Waals surface area contributed by atoms with Gasteiger partial charge in [0, 0.05) is 19.6 Å². The number of hydrogen-bond donors (Lipinski definition) is 1. The number of likely N-dealkylation sites (tertiary alicyclic amines) is 1. The summed E-state index contributed by atoms with van der Waals surface area (Å²) in [6.07, 6.45) is -1.91. The fourth-order valence-electron chi connectivity index (χ4n) is 5.46. The molecule has 1 N–H and O–H groups in total. The van der Waals surface area contributed by atoms with Crippen LogP contribution in [0.1, 0.15) is 69.6 Å². The van der Waals surface area contributed by atoms with Gasteiger partial charge in [0.15, 0.2) is 0 Å². The van der Waals surface area contributed by atoms with Gasteiger partial charge in [-0.2, -0.15) is 13.2 Å². The SMILES string of the molecule is CCC(CCCN1CCC(F)(c2ccccc2)CC1)(C(=O)NCc1cc(F)cc(C(F)(F)F)c1)C(C)C. The van der Waals surface area contributed by atoms with Gasteiger partial charge in [0.05, 0.1) is 11.0 Å². The monoisotopic (exact) mass is 524 g/mol. The topological polar surface area (TPSA) is 32.3 Å². The third-order valence-corrected chi connectivity index (χ3v) is 7.96. The molecule has 2 aromatic carbocycles. The molecule has 0 aliphatic carbocycles. The number of rotatable bonds is 10. The van der Waals surface area contributed by atoms with E-state index in [1.165, 1.54) is 0 Å². The number of halogens is 5. The second-order valence-electron chi connectivity index (χ2n) is 10.5. The van der Waals surface area contributed by atoms with Gasteiger partial charge >= 0.3 is 6.18 Å². The number of carbonyl (C=O) groups is 1. The largest absolute Gasteiger partial charge is 0.416 e. The summed E-state index contributed by atoms with van der Waals surface area (Å²) < 4.78 is 68.3. The number of alkyl halides is 4. The van der Waals surface area contributed by atoms with Crippen LogP contribution in [0.5, 0.6) is 0 Å². The molecule has 1 heterocycles. The summed E-state index contributed by atoms with van der Waals surface area (Å²) in [6, 6.07) is 11.6. The number of benzene rings is 2. The summed E-state index contributed by atoms with van der Waals surface area (Å²) in [7, 11) is 0. The van der Waals surface area contributed by atoms with Crippen LogP contribution in [0.3, 0.4) is 0 Å². The summed E-state index contributed by atoms with van der Waals surface area (Å²) in [6.45, 7) is 7.70. The molecule has 1 amide bonds. The molecule has 1 atom stereocenters. The minimum atomic E-state index is -4.66. The molecule has 2 aromatic rings. The Morgan fingerprint density at radius 3 is 2.30 bits per heavy atom. The first-order valence-corrected chi connectivity index (χ1v) is 13.0. The van der Waals surface area contributed by atoms with Crippen LogP contribution in [0, 0.1) is 17.2 Å². The fraction of sp³-hybridized carbons (Fsp3) is 0.552. The van der Waals surface area contributed by atoms with Crippen molar-refractivity contribution >= 4 is 5.91 Å². The van der Waals surface area contributed by atoms with Crippen molar-refractivity contribution in [2.24, 2.45) is 11.3 Å². The highest BCUT2D eigenvalue weighted by Gasteiger charge is 2.40. The maximum Gasteiger partial charge on any atom is 0.416 e. The first-order chi connectivity index (χ1) is 17.4. The minimum Gasteiger partial charge on any atom is -0.352 e. The number of hydrogen-bond acceptors (Lipinski definition) is 2. The summed E-state index contributed by atoms with van der Waals surface area (Å²) in [5.74, 6) is -1.24. The van der Waals surface area contributed by atoms with Crippen LogP contribution in [0.15, 0.2) is 48.5 Å². The first kappa shape index (κ1) is 29.1. The molecule has 1 saturated heterocycles. The zero-order chi connectivity index (χ0) is 27.3. The van der Waals surface area contributed by atoms with Crippen molar-refractivity contribution in [3.8, 4) is 0 Å². The van der Waals surface area contributed by atoms with E-state index in [0.717, 1.165) is 30.7 Å². The van der Waals surface area contributed by atoms with Crippen molar-refractivity contribution in [1.82, 2.24) is 10.2 Å². The highest BCUT2D eigenvalue weighted by Crippen LogP contribution is 2.39. The van der Waals surface area contributed by atoms with Crippen LogP contribution in [0.2, 0.25) is 0 Å². The Bertz CT molecular complexity index is 1030. The zero-order valence-corrected chi connectivity index (χ0v) is 21.8. The molecule has 0 aromatic heterocycles. The van der Waals surface area contributed by atoms with Gasteiger partial charge in [0.1, 0.15) is 11.5 Å². The standard InChI is InChI=1S/C29H37F5N2O/c1-4-27(21(2)3,26(37)35-20-22-17-24(29(32,33)34)19-25(30)18-22)11-8-14-36-15-12-28(31,13-16-36)23-9-6-5-7-10-23/h5-7,9-10,17-19,21H,4,8,11-16,20H2,1-3H3,(H,35,37). The van der Waals surface area contributed by atoms with Gasteiger partial charge in [-0.1, -0.05) is 51.1 Å². The molecule has 0 bridgehead atoms. The highest BCUT2D eigenvalue weighted by atomic mass is 19.4. The van der Waals surface area contributed by atoms with Gasteiger partial charge in [-0.25, -0.2) is 8.78 Å². The van der Waals surface area contributed by atoms with Gasteiger partial charge < -0.3 is 10.2 Å². The van der Waals surface area contributed by atoms with E-state index in [9.17, 15) is 22.4 Å². The number of nitrogens with zero attached hydrogens (tertiary/aromatic N) is 1. The van der Waals surface area contributed by atoms with E-state index in [2.05, 4.69) is 10.2 Å². The van der Waals surface area contributed by atoms with Gasteiger partial charge in [-0.05, 0) is 73.9 Å². The normalized spacial score (nSPS) is 18.0. The van der Waals surface area contributed by atoms with Gasteiger partial charge in [0.25, 0.3) is 0 Å². The lowest BCUT2D eigenvalue weighted by molar-refractivity contribution is -0.137. The van der Waals surface area contributed by atoms with Crippen molar-refractivity contribution in [3.05, 3.63) is 71.0 Å². The van der Waals surface area contributed by atoms with E-state index in [1.807, 2.05) is 51.1 Å². The Labute approximate surface area is 216 Å².